The smallest absolute Gasteiger partial charge is 0.408 e. The summed E-state index contributed by atoms with van der Waals surface area (Å²) in [6, 6.07) is 3.94. The molecule has 1 aliphatic rings. The van der Waals surface area contributed by atoms with Gasteiger partial charge >= 0.3 is 6.09 Å². The molecule has 6 nitrogen and oxygen atoms in total. The summed E-state index contributed by atoms with van der Waals surface area (Å²) in [6.45, 7) is 8.96. The Labute approximate surface area is 159 Å². The van der Waals surface area contributed by atoms with Gasteiger partial charge in [-0.2, -0.15) is 0 Å². The molecule has 0 bridgehead atoms. The van der Waals surface area contributed by atoms with E-state index in [9.17, 15) is 9.59 Å². The van der Waals surface area contributed by atoms with Gasteiger partial charge in [0.25, 0.3) is 0 Å². The number of thioether (sulfide) groups is 1. The van der Waals surface area contributed by atoms with Crippen molar-refractivity contribution in [3.63, 3.8) is 0 Å². The summed E-state index contributed by atoms with van der Waals surface area (Å²) in [5.74, 6) is 1.63. The zero-order chi connectivity index (χ0) is 19.4. The highest BCUT2D eigenvalue weighted by Gasteiger charge is 2.31. The number of ether oxygens (including phenoxy) is 1. The lowest BCUT2D eigenvalue weighted by Crippen LogP contribution is -2.55. The molecule has 0 aromatic carbocycles. The molecule has 0 spiro atoms. The molecule has 0 unspecified atom stereocenters. The summed E-state index contributed by atoms with van der Waals surface area (Å²) in [5.41, 5.74) is -0.851. The molecule has 2 amide bonds. The Hall–Kier alpha value is -1.76. The Morgan fingerprint density at radius 2 is 1.96 bits per heavy atom. The molecule has 144 valence electrons. The van der Waals surface area contributed by atoms with Gasteiger partial charge in [-0.3, -0.25) is 9.78 Å². The van der Waals surface area contributed by atoms with Gasteiger partial charge in [0.1, 0.15) is 11.1 Å². The minimum atomic E-state index is -1.08. The van der Waals surface area contributed by atoms with Crippen LogP contribution in [0.1, 0.15) is 53.2 Å². The highest BCUT2D eigenvalue weighted by atomic mass is 32.2. The van der Waals surface area contributed by atoms with E-state index in [4.69, 9.17) is 4.74 Å². The summed E-state index contributed by atoms with van der Waals surface area (Å²) >= 11 is 1.79. The number of amides is 2. The zero-order valence-electron chi connectivity index (χ0n) is 16.2. The fraction of sp³-hybridized carbons (Fsp3) is 0.632. The van der Waals surface area contributed by atoms with Gasteiger partial charge in [0.15, 0.2) is 0 Å². The molecule has 1 aromatic rings. The van der Waals surface area contributed by atoms with Crippen LogP contribution in [0.4, 0.5) is 4.79 Å². The summed E-state index contributed by atoms with van der Waals surface area (Å²) in [4.78, 5) is 29.9. The minimum Gasteiger partial charge on any atom is -0.444 e. The van der Waals surface area contributed by atoms with Gasteiger partial charge in [-0.25, -0.2) is 4.79 Å². The van der Waals surface area contributed by atoms with Crippen LogP contribution in [0.3, 0.4) is 0 Å². The molecule has 26 heavy (non-hydrogen) atoms. The van der Waals surface area contributed by atoms with E-state index in [2.05, 4.69) is 15.6 Å². The third kappa shape index (κ3) is 6.86. The predicted molar refractivity (Wildman–Crippen MR) is 103 cm³/mol. The van der Waals surface area contributed by atoms with Crippen LogP contribution in [0, 0.1) is 5.92 Å². The summed E-state index contributed by atoms with van der Waals surface area (Å²) < 4.78 is 5.22. The van der Waals surface area contributed by atoms with Gasteiger partial charge in [0, 0.05) is 16.8 Å². The lowest BCUT2D eigenvalue weighted by molar-refractivity contribution is -0.126. The second-order valence-corrected chi connectivity index (χ2v) is 9.20. The first-order valence-electron chi connectivity index (χ1n) is 8.93. The van der Waals surface area contributed by atoms with Gasteiger partial charge in [0.05, 0.1) is 12.2 Å². The average Bonchev–Trinajstić information content (AvgIpc) is 3.33. The van der Waals surface area contributed by atoms with Crippen LogP contribution < -0.4 is 10.6 Å². The summed E-state index contributed by atoms with van der Waals surface area (Å²) in [6.07, 6.45) is 3.73. The fourth-order valence-electron chi connectivity index (χ4n) is 2.18. The van der Waals surface area contributed by atoms with Crippen LogP contribution in [0.2, 0.25) is 0 Å². The normalized spacial score (nSPS) is 14.7. The molecule has 0 saturated heterocycles. The van der Waals surface area contributed by atoms with Gasteiger partial charge in [-0.05, 0) is 65.5 Å². The van der Waals surface area contributed by atoms with Crippen molar-refractivity contribution < 1.29 is 14.3 Å². The number of carbonyl (C=O) groups excluding carboxylic acids is 2. The maximum absolute atomic E-state index is 12.5. The zero-order valence-corrected chi connectivity index (χ0v) is 17.0. The maximum atomic E-state index is 12.5. The van der Waals surface area contributed by atoms with E-state index in [1.54, 1.807) is 52.6 Å². The van der Waals surface area contributed by atoms with E-state index in [0.29, 0.717) is 6.54 Å². The van der Waals surface area contributed by atoms with Gasteiger partial charge in [0.2, 0.25) is 5.91 Å². The molecule has 1 aliphatic carbocycles. The monoisotopic (exact) mass is 379 g/mol. The first-order valence-corrected chi connectivity index (χ1v) is 9.91. The van der Waals surface area contributed by atoms with Crippen molar-refractivity contribution in [3.05, 3.63) is 24.0 Å². The van der Waals surface area contributed by atoms with E-state index < -0.39 is 17.2 Å². The fourth-order valence-corrected chi connectivity index (χ4v) is 3.39. The second kappa shape index (κ2) is 8.29. The Kier molecular flexibility index (Phi) is 6.55. The largest absolute Gasteiger partial charge is 0.444 e. The first kappa shape index (κ1) is 20.6. The molecule has 1 heterocycles. The predicted octanol–water partition coefficient (Wildman–Crippen LogP) is 3.50. The lowest BCUT2D eigenvalue weighted by atomic mass is 10.1. The first-order chi connectivity index (χ1) is 12.1. The van der Waals surface area contributed by atoms with Crippen molar-refractivity contribution in [2.45, 2.75) is 70.0 Å². The van der Waals surface area contributed by atoms with Crippen LogP contribution in [-0.2, 0) is 16.1 Å². The van der Waals surface area contributed by atoms with E-state index >= 15 is 0 Å². The molecule has 0 aliphatic heterocycles. The van der Waals surface area contributed by atoms with E-state index in [1.165, 1.54) is 12.8 Å². The van der Waals surface area contributed by atoms with Crippen molar-refractivity contribution in [2.75, 3.05) is 5.75 Å². The quantitative estimate of drug-likeness (QED) is 0.709. The number of rotatable bonds is 7. The highest BCUT2D eigenvalue weighted by Crippen LogP contribution is 2.35. The van der Waals surface area contributed by atoms with E-state index in [0.717, 1.165) is 22.3 Å². The molecule has 1 aromatic heterocycles. The number of carbonyl (C=O) groups is 2. The summed E-state index contributed by atoms with van der Waals surface area (Å²) in [5, 5.41) is 5.48. The van der Waals surface area contributed by atoms with Crippen molar-refractivity contribution >= 4 is 23.8 Å². The topological polar surface area (TPSA) is 80.3 Å². The van der Waals surface area contributed by atoms with Crippen LogP contribution >= 0.6 is 11.8 Å². The van der Waals surface area contributed by atoms with Crippen LogP contribution in [-0.4, -0.2) is 33.9 Å². The minimum absolute atomic E-state index is 0.285. The van der Waals surface area contributed by atoms with Crippen LogP contribution in [0.5, 0.6) is 0 Å². The highest BCUT2D eigenvalue weighted by molar-refractivity contribution is 7.99. The molecule has 0 atom stereocenters. The number of hydrogen-bond donors (Lipinski definition) is 2. The van der Waals surface area contributed by atoms with Gasteiger partial charge in [-0.15, -0.1) is 11.8 Å². The standard InChI is InChI=1S/C19H29N3O3S/c1-18(2,3)25-17(24)22-19(4,5)16(23)21-11-14-15(7-6-10-20-14)26-12-13-8-9-13/h6-7,10,13H,8-9,11-12H2,1-5H3,(H,21,23)(H,22,24). The number of nitrogens with one attached hydrogen (secondary N) is 2. The van der Waals surface area contributed by atoms with Crippen molar-refractivity contribution in [3.8, 4) is 0 Å². The van der Waals surface area contributed by atoms with Crippen molar-refractivity contribution in [2.24, 2.45) is 5.92 Å². The molecule has 2 N–H and O–H groups in total. The molecular formula is C19H29N3O3S. The van der Waals surface area contributed by atoms with Crippen molar-refractivity contribution in [1.29, 1.82) is 0 Å². The number of hydrogen-bond acceptors (Lipinski definition) is 5. The molecule has 1 fully saturated rings. The van der Waals surface area contributed by atoms with E-state index in [-0.39, 0.29) is 5.91 Å². The molecule has 2 rings (SSSR count). The Balaban J connectivity index is 1.89. The van der Waals surface area contributed by atoms with Crippen molar-refractivity contribution in [1.82, 2.24) is 15.6 Å². The number of pyridine rings is 1. The maximum Gasteiger partial charge on any atom is 0.408 e. The van der Waals surface area contributed by atoms with Crippen LogP contribution in [0.25, 0.3) is 0 Å². The molecule has 0 radical (unpaired) electrons. The Morgan fingerprint density at radius 3 is 2.58 bits per heavy atom. The average molecular weight is 380 g/mol. The Bertz CT molecular complexity index is 652. The third-order valence-corrected chi connectivity index (χ3v) is 5.14. The number of alkyl carbamates (subject to hydrolysis) is 1. The second-order valence-electron chi connectivity index (χ2n) is 8.14. The Morgan fingerprint density at radius 1 is 1.27 bits per heavy atom. The molecule has 7 heteroatoms. The molecule has 1 saturated carbocycles. The van der Waals surface area contributed by atoms with Crippen LogP contribution in [0.15, 0.2) is 23.2 Å². The van der Waals surface area contributed by atoms with Gasteiger partial charge in [-0.1, -0.05) is 0 Å². The molecular weight excluding hydrogens is 350 g/mol. The van der Waals surface area contributed by atoms with Gasteiger partial charge < -0.3 is 15.4 Å². The lowest BCUT2D eigenvalue weighted by Gasteiger charge is -2.27. The summed E-state index contributed by atoms with van der Waals surface area (Å²) in [7, 11) is 0. The SMILES string of the molecule is CC(C)(C)OC(=O)NC(C)(C)C(=O)NCc1ncccc1SCC1CC1. The number of nitrogens with zero attached hydrogens (tertiary/aromatic N) is 1. The number of aromatic nitrogens is 1. The third-order valence-electron chi connectivity index (χ3n) is 3.82. The van der Waals surface area contributed by atoms with E-state index in [1.807, 2.05) is 12.1 Å².